The van der Waals surface area contributed by atoms with E-state index in [4.69, 9.17) is 52.9 Å². The molecule has 1 atom stereocenters. The first-order valence-corrected chi connectivity index (χ1v) is 30.0. The molecule has 0 bridgehead atoms. The first kappa shape index (κ1) is 62.5. The van der Waals surface area contributed by atoms with Crippen LogP contribution in [-0.4, -0.2) is 85.9 Å². The predicted molar refractivity (Wildman–Crippen MR) is 315 cm³/mol. The summed E-state index contributed by atoms with van der Waals surface area (Å²) in [6.45, 7) is 9.19. The minimum Gasteiger partial charge on any atom is -0.494 e. The zero-order chi connectivity index (χ0) is 57.6. The molecular formula is C65H80N2O14S. The van der Waals surface area contributed by atoms with Crippen molar-refractivity contribution in [2.45, 2.75) is 141 Å². The van der Waals surface area contributed by atoms with E-state index in [1.807, 2.05) is 42.5 Å². The lowest BCUT2D eigenvalue weighted by atomic mass is 9.82. The molecule has 0 saturated heterocycles. The van der Waals surface area contributed by atoms with Crippen LogP contribution in [0.4, 0.5) is 0 Å². The molecule has 2 aliphatic rings. The molecule has 0 aliphatic heterocycles. The van der Waals surface area contributed by atoms with Gasteiger partial charge in [-0.05, 0) is 200 Å². The summed E-state index contributed by atoms with van der Waals surface area (Å²) in [5.41, 5.74) is 1.49. The fraction of sp³-hybridized carbons (Fsp3) is 0.477. The zero-order valence-corrected chi connectivity index (χ0v) is 48.0. The van der Waals surface area contributed by atoms with Crippen LogP contribution in [0, 0.1) is 17.8 Å². The molecular weight excluding hydrogens is 1060 g/mol. The van der Waals surface area contributed by atoms with Crippen LogP contribution in [0.1, 0.15) is 145 Å². The number of unbranched alkanes of at least 4 members (excludes halogenated alkanes) is 8. The number of benzene rings is 4. The molecule has 4 aromatic carbocycles. The molecule has 82 heavy (non-hydrogen) atoms. The molecule has 2 saturated carbocycles. The number of nitrogens with zero attached hydrogens (tertiary/aromatic N) is 2. The van der Waals surface area contributed by atoms with Crippen LogP contribution in [0.3, 0.4) is 0 Å². The first-order valence-electron chi connectivity index (χ1n) is 29.2. The average molecular weight is 1150 g/mol. The summed E-state index contributed by atoms with van der Waals surface area (Å²) in [4.78, 5) is 71.2. The fourth-order valence-corrected chi connectivity index (χ4v) is 10.9. The molecule has 17 heteroatoms. The molecule has 1 aromatic heterocycles. The molecule has 0 amide bonds. The molecule has 1 N–H and O–H groups in total. The third-order valence-electron chi connectivity index (χ3n) is 14.6. The topological polar surface area (TPSA) is 197 Å². The number of aliphatic imine (C=N–C) groups is 1. The number of aliphatic hydroxyl groups is 1. The number of para-hydroxylation sites is 1. The van der Waals surface area contributed by atoms with Crippen molar-refractivity contribution >= 4 is 51.6 Å². The normalized spacial score (nSPS) is 17.3. The number of hydrogen-bond donors (Lipinski definition) is 1. The van der Waals surface area contributed by atoms with Crippen molar-refractivity contribution < 1.29 is 67.2 Å². The maximum atomic E-state index is 13.7. The van der Waals surface area contributed by atoms with Crippen LogP contribution < -0.4 is 28.6 Å². The second-order valence-corrected chi connectivity index (χ2v) is 21.9. The average Bonchev–Trinajstić information content (AvgIpc) is 3.96. The summed E-state index contributed by atoms with van der Waals surface area (Å²) in [5.74, 6) is 1.78. The number of carbonyl (C=O) groups is 4. The van der Waals surface area contributed by atoms with Gasteiger partial charge < -0.3 is 43.2 Å². The van der Waals surface area contributed by atoms with Crippen molar-refractivity contribution in [1.82, 2.24) is 4.98 Å². The third kappa shape index (κ3) is 21.7. The summed E-state index contributed by atoms with van der Waals surface area (Å²) in [6, 6.07) is 27.7. The highest BCUT2D eigenvalue weighted by molar-refractivity contribution is 7.18. The molecule has 1 unspecified atom stereocenters. The SMILES string of the molecule is C=CC(=O)OCCCCCCOc1ccc(OC(=O)C2CCC(COOc3ccc(OC(=O)C4CCC(Oc5ccc(OCCCCCCOC(=O)C=C)cc5)CC4)cc3C=NC(CCCCCO)c3nc4ccccc4s3)CC2)cc1. The number of thiazole rings is 1. The number of fused-ring (bicyclic) bond motifs is 1. The Hall–Kier alpha value is -7.08. The Morgan fingerprint density at radius 1 is 0.610 bits per heavy atom. The standard InChI is InChI=1S/C65H80N2O14S/c1-3-61(69)75-42-16-7-5-14-40-73-51-29-33-54(34-30-51)78-53-27-25-49(26-28-53)65(72)80-56-37-38-59(50(44-56)45-66-58(19-10-9-13-39-68)63-67-57-18-11-12-20-60(57)82-63)81-77-46-47-21-23-48(24-22-47)64(71)79-55-35-31-52(32-36-55)74-41-15-6-8-17-43-76-62(70)4-2/h3-4,11-12,18,20,29-38,44-45,47-49,53,58,68H,1-2,5-10,13-17,19,21-28,39-43,46H2. The van der Waals surface area contributed by atoms with Gasteiger partial charge in [0.15, 0.2) is 5.75 Å². The predicted octanol–water partition coefficient (Wildman–Crippen LogP) is 13.6. The molecule has 0 radical (unpaired) electrons. The molecule has 1 heterocycles. The van der Waals surface area contributed by atoms with E-state index in [1.165, 1.54) is 12.2 Å². The number of esters is 4. The smallest absolute Gasteiger partial charge is 0.330 e. The van der Waals surface area contributed by atoms with Gasteiger partial charge in [0.2, 0.25) is 0 Å². The zero-order valence-electron chi connectivity index (χ0n) is 47.1. The Kier molecular flexibility index (Phi) is 26.7. The van der Waals surface area contributed by atoms with E-state index < -0.39 is 11.9 Å². The van der Waals surface area contributed by atoms with Gasteiger partial charge in [0, 0.05) is 30.5 Å². The van der Waals surface area contributed by atoms with E-state index in [9.17, 15) is 24.3 Å². The molecule has 2 fully saturated rings. The Morgan fingerprint density at radius 3 is 1.74 bits per heavy atom. The van der Waals surface area contributed by atoms with E-state index in [0.29, 0.717) is 107 Å². The Balaban J connectivity index is 0.880. The van der Waals surface area contributed by atoms with Gasteiger partial charge in [0.05, 0.1) is 61.2 Å². The van der Waals surface area contributed by atoms with E-state index in [0.717, 1.165) is 110 Å². The number of ether oxygens (including phenoxy) is 7. The second kappa shape index (κ2) is 35.0. The van der Waals surface area contributed by atoms with Crippen LogP contribution in [0.15, 0.2) is 121 Å². The van der Waals surface area contributed by atoms with Crippen molar-refractivity contribution in [2.24, 2.45) is 22.7 Å². The van der Waals surface area contributed by atoms with Gasteiger partial charge in [0.25, 0.3) is 0 Å². The second-order valence-electron chi connectivity index (χ2n) is 20.8. The van der Waals surface area contributed by atoms with Gasteiger partial charge in [0.1, 0.15) is 39.8 Å². The third-order valence-corrected chi connectivity index (χ3v) is 15.7. The highest BCUT2D eigenvalue weighted by atomic mass is 32.1. The molecule has 0 spiro atoms. The summed E-state index contributed by atoms with van der Waals surface area (Å²) in [5, 5.41) is 10.4. The first-order chi connectivity index (χ1) is 40.2. The minimum absolute atomic E-state index is 0.0291. The van der Waals surface area contributed by atoms with Crippen LogP contribution in [0.2, 0.25) is 0 Å². The maximum absolute atomic E-state index is 13.7. The lowest BCUT2D eigenvalue weighted by Crippen LogP contribution is -2.30. The molecule has 440 valence electrons. The quantitative estimate of drug-likeness (QED) is 0.00755. The van der Waals surface area contributed by atoms with Crippen LogP contribution in [0.25, 0.3) is 10.2 Å². The number of carbonyl (C=O) groups excluding carboxylic acids is 4. The van der Waals surface area contributed by atoms with E-state index in [-0.39, 0.29) is 48.4 Å². The Labute approximate surface area is 486 Å². The van der Waals surface area contributed by atoms with Gasteiger partial charge in [-0.25, -0.2) is 14.6 Å². The van der Waals surface area contributed by atoms with Gasteiger partial charge in [-0.1, -0.05) is 38.1 Å². The van der Waals surface area contributed by atoms with Crippen LogP contribution in [0.5, 0.6) is 34.5 Å². The van der Waals surface area contributed by atoms with Gasteiger partial charge in [-0.3, -0.25) is 14.6 Å². The van der Waals surface area contributed by atoms with Gasteiger partial charge in [-0.2, -0.15) is 4.89 Å². The molecule has 7 rings (SSSR count). The van der Waals surface area contributed by atoms with E-state index in [2.05, 4.69) is 19.2 Å². The van der Waals surface area contributed by atoms with Crippen LogP contribution in [-0.2, 0) is 33.5 Å². The lowest BCUT2D eigenvalue weighted by Gasteiger charge is -2.28. The number of rotatable bonds is 36. The number of aromatic nitrogens is 1. The Morgan fingerprint density at radius 2 is 1.15 bits per heavy atom. The van der Waals surface area contributed by atoms with Crippen molar-refractivity contribution in [3.05, 3.63) is 127 Å². The lowest BCUT2D eigenvalue weighted by molar-refractivity contribution is -0.218. The van der Waals surface area contributed by atoms with Gasteiger partial charge in [-0.15, -0.1) is 11.3 Å². The fourth-order valence-electron chi connectivity index (χ4n) is 9.80. The number of aliphatic hydroxyl groups excluding tert-OH is 1. The Bertz CT molecular complexity index is 2750. The van der Waals surface area contributed by atoms with Crippen LogP contribution >= 0.6 is 11.3 Å². The van der Waals surface area contributed by atoms with Crippen molar-refractivity contribution in [3.8, 4) is 34.5 Å². The molecule has 16 nitrogen and oxygen atoms in total. The summed E-state index contributed by atoms with van der Waals surface area (Å²) >= 11 is 1.61. The molecule has 5 aromatic rings. The van der Waals surface area contributed by atoms with Crippen molar-refractivity contribution in [3.63, 3.8) is 0 Å². The van der Waals surface area contributed by atoms with Gasteiger partial charge >= 0.3 is 23.9 Å². The summed E-state index contributed by atoms with van der Waals surface area (Å²) in [7, 11) is 0. The highest BCUT2D eigenvalue weighted by Gasteiger charge is 2.30. The van der Waals surface area contributed by atoms with Crippen molar-refractivity contribution in [1.29, 1.82) is 0 Å². The van der Waals surface area contributed by atoms with E-state index >= 15 is 0 Å². The van der Waals surface area contributed by atoms with Crippen molar-refractivity contribution in [2.75, 3.05) is 39.6 Å². The summed E-state index contributed by atoms with van der Waals surface area (Å²) < 4.78 is 41.0. The molecule has 2 aliphatic carbocycles. The largest absolute Gasteiger partial charge is 0.494 e. The minimum atomic E-state index is -0.401. The monoisotopic (exact) mass is 1140 g/mol. The maximum Gasteiger partial charge on any atom is 0.330 e. The summed E-state index contributed by atoms with van der Waals surface area (Å²) in [6.07, 6.45) is 19.9. The number of hydrogen-bond acceptors (Lipinski definition) is 17. The highest BCUT2D eigenvalue weighted by Crippen LogP contribution is 2.35. The van der Waals surface area contributed by atoms with E-state index in [1.54, 1.807) is 60.0 Å².